The molecule has 3 N–H and O–H groups in total. The zero-order valence-electron chi connectivity index (χ0n) is 12.0. The monoisotopic (exact) mass is 371 g/mol. The van der Waals surface area contributed by atoms with Crippen molar-refractivity contribution in [1.82, 2.24) is 14.6 Å². The van der Waals surface area contributed by atoms with Gasteiger partial charge in [0, 0.05) is 5.38 Å². The molecule has 1 fully saturated rings. The van der Waals surface area contributed by atoms with Crippen LogP contribution in [0.2, 0.25) is 0 Å². The molecule has 1 aliphatic rings. The number of nitrogens with zero attached hydrogens (tertiary/aromatic N) is 3. The van der Waals surface area contributed by atoms with Crippen LogP contribution in [0.3, 0.4) is 0 Å². The summed E-state index contributed by atoms with van der Waals surface area (Å²) in [5.74, 6) is -1.83. The predicted molar refractivity (Wildman–Crippen MR) is 73.4 cm³/mol. The fourth-order valence-corrected chi connectivity index (χ4v) is 2.85. The molecule has 2 rings (SSSR count). The van der Waals surface area contributed by atoms with E-state index in [0.29, 0.717) is 0 Å². The molecule has 0 aromatic carbocycles. The third-order valence-electron chi connectivity index (χ3n) is 2.63. The van der Waals surface area contributed by atoms with Gasteiger partial charge in [-0.1, -0.05) is 5.16 Å². The molecule has 11 nitrogen and oxygen atoms in total. The van der Waals surface area contributed by atoms with E-state index in [9.17, 15) is 22.6 Å². The second kappa shape index (κ2) is 7.55. The van der Waals surface area contributed by atoms with Crippen LogP contribution in [-0.2, 0) is 24.7 Å². The molecular formula is C9H10N5NaO6S2. The molecule has 1 aromatic heterocycles. The van der Waals surface area contributed by atoms with Crippen molar-refractivity contribution >= 4 is 44.3 Å². The van der Waals surface area contributed by atoms with Gasteiger partial charge < -0.3 is 20.4 Å². The minimum atomic E-state index is -4.86. The molecule has 0 bridgehead atoms. The topological polar surface area (TPSA) is 167 Å². The van der Waals surface area contributed by atoms with Crippen LogP contribution in [0.25, 0.3) is 0 Å². The number of hydrogen-bond acceptors (Lipinski definition) is 10. The first-order valence-corrected chi connectivity index (χ1v) is 7.89. The SMILES string of the molecule is CON=C(C(=O)NC1CN(S(=O)(=O)[O-])C1=O)c1csc(N)n1.[Na+]. The molecule has 1 atom stereocenters. The van der Waals surface area contributed by atoms with Crippen molar-refractivity contribution in [3.05, 3.63) is 11.1 Å². The van der Waals surface area contributed by atoms with Gasteiger partial charge in [-0.2, -0.15) is 0 Å². The third-order valence-corrected chi connectivity index (χ3v) is 4.17. The summed E-state index contributed by atoms with van der Waals surface area (Å²) in [5, 5.41) is 7.41. The van der Waals surface area contributed by atoms with Gasteiger partial charge in [0.2, 0.25) is 0 Å². The molecule has 23 heavy (non-hydrogen) atoms. The average Bonchev–Trinajstić information content (AvgIpc) is 2.84. The fraction of sp³-hybridized carbons (Fsp3) is 0.333. The maximum absolute atomic E-state index is 12.1. The van der Waals surface area contributed by atoms with Gasteiger partial charge in [0.25, 0.3) is 11.8 Å². The third kappa shape index (κ3) is 4.39. The number of carbonyl (C=O) groups is 2. The van der Waals surface area contributed by atoms with E-state index < -0.39 is 34.7 Å². The average molecular weight is 371 g/mol. The number of nitrogens with one attached hydrogen (secondary N) is 1. The van der Waals surface area contributed by atoms with Gasteiger partial charge in [0.15, 0.2) is 21.1 Å². The quantitative estimate of drug-likeness (QED) is 0.170. The zero-order chi connectivity index (χ0) is 16.5. The van der Waals surface area contributed by atoms with Gasteiger partial charge in [-0.05, 0) is 0 Å². The summed E-state index contributed by atoms with van der Waals surface area (Å²) in [7, 11) is -3.65. The molecule has 14 heteroatoms. The summed E-state index contributed by atoms with van der Waals surface area (Å²) in [6, 6.07) is -1.13. The smallest absolute Gasteiger partial charge is 0.731 e. The molecule has 2 heterocycles. The standard InChI is InChI=1S/C9H11N5O6S2.Na/c1-20-13-6(5-3-21-9(10)12-5)7(15)11-4-2-14(8(4)16)22(17,18)19;/h3-4H,2H2,1H3,(H2,10,12)(H,11,15)(H,17,18,19);/q;+1/p-1. The van der Waals surface area contributed by atoms with Crippen LogP contribution in [0.5, 0.6) is 0 Å². The van der Waals surface area contributed by atoms with Crippen molar-refractivity contribution < 1.29 is 57.0 Å². The Morgan fingerprint density at radius 2 is 2.30 bits per heavy atom. The summed E-state index contributed by atoms with van der Waals surface area (Å²) in [5.41, 5.74) is 5.37. The van der Waals surface area contributed by atoms with Gasteiger partial charge in [0.05, 0.1) is 6.54 Å². The van der Waals surface area contributed by atoms with Gasteiger partial charge in [-0.15, -0.1) is 11.3 Å². The number of aromatic nitrogens is 1. The Kier molecular flexibility index (Phi) is 6.49. The Morgan fingerprint density at radius 3 is 2.74 bits per heavy atom. The van der Waals surface area contributed by atoms with Crippen molar-refractivity contribution in [2.45, 2.75) is 6.04 Å². The second-order valence-corrected chi connectivity index (χ2v) is 6.23. The summed E-state index contributed by atoms with van der Waals surface area (Å²) in [4.78, 5) is 31.9. The first kappa shape index (κ1) is 19.8. The van der Waals surface area contributed by atoms with Crippen LogP contribution in [0.1, 0.15) is 5.69 Å². The van der Waals surface area contributed by atoms with Gasteiger partial charge in [-0.3, -0.25) is 9.59 Å². The maximum atomic E-state index is 12.1. The van der Waals surface area contributed by atoms with E-state index in [1.54, 1.807) is 0 Å². The fourth-order valence-electron chi connectivity index (χ4n) is 1.62. The number of β-lactam (4-membered cyclic amide) rings is 1. The molecule has 1 aliphatic heterocycles. The first-order chi connectivity index (χ1) is 10.2. The molecule has 0 radical (unpaired) electrons. The van der Waals surface area contributed by atoms with Gasteiger partial charge in [0.1, 0.15) is 18.8 Å². The minimum Gasteiger partial charge on any atom is -0.731 e. The van der Waals surface area contributed by atoms with Crippen molar-refractivity contribution in [3.8, 4) is 0 Å². The minimum absolute atomic E-state index is 0. The number of amides is 2. The number of nitrogen functional groups attached to an aromatic ring is 1. The molecule has 2 amide bonds. The molecule has 1 unspecified atom stereocenters. The van der Waals surface area contributed by atoms with E-state index in [1.165, 1.54) is 12.5 Å². The molecule has 0 spiro atoms. The largest absolute Gasteiger partial charge is 1.00 e. The Labute approximate surface area is 157 Å². The first-order valence-electron chi connectivity index (χ1n) is 5.65. The van der Waals surface area contributed by atoms with Crippen LogP contribution in [0, 0.1) is 0 Å². The zero-order valence-corrected chi connectivity index (χ0v) is 15.7. The number of oxime groups is 1. The van der Waals surface area contributed by atoms with E-state index in [1.807, 2.05) is 0 Å². The summed E-state index contributed by atoms with van der Waals surface area (Å²) in [6.07, 6.45) is 0. The van der Waals surface area contributed by atoms with Crippen molar-refractivity contribution in [1.29, 1.82) is 0 Å². The van der Waals surface area contributed by atoms with Crippen molar-refractivity contribution in [2.24, 2.45) is 5.16 Å². The van der Waals surface area contributed by atoms with Crippen LogP contribution in [-0.4, -0.2) is 59.5 Å². The Bertz CT molecular complexity index is 747. The maximum Gasteiger partial charge on any atom is 1.00 e. The van der Waals surface area contributed by atoms with Crippen molar-refractivity contribution in [3.63, 3.8) is 0 Å². The number of hydrogen-bond donors (Lipinski definition) is 2. The molecule has 0 aliphatic carbocycles. The van der Waals surface area contributed by atoms with E-state index in [4.69, 9.17) is 5.73 Å². The number of anilines is 1. The number of nitrogens with two attached hydrogens (primary N) is 1. The van der Waals surface area contributed by atoms with Crippen LogP contribution in [0.4, 0.5) is 5.13 Å². The van der Waals surface area contributed by atoms with E-state index in [0.717, 1.165) is 11.3 Å². The second-order valence-electron chi connectivity index (χ2n) is 4.05. The number of carbonyl (C=O) groups excluding carboxylic acids is 2. The van der Waals surface area contributed by atoms with E-state index in [2.05, 4.69) is 20.3 Å². The van der Waals surface area contributed by atoms with Crippen LogP contribution in [0.15, 0.2) is 10.5 Å². The predicted octanol–water partition coefficient (Wildman–Crippen LogP) is -5.13. The summed E-state index contributed by atoms with van der Waals surface area (Å²) < 4.78 is 32.2. The molecular weight excluding hydrogens is 361 g/mol. The van der Waals surface area contributed by atoms with Gasteiger partial charge >= 0.3 is 29.6 Å². The molecule has 120 valence electrons. The molecule has 1 aromatic rings. The summed E-state index contributed by atoms with van der Waals surface area (Å²) >= 11 is 1.07. The van der Waals surface area contributed by atoms with E-state index in [-0.39, 0.29) is 50.4 Å². The van der Waals surface area contributed by atoms with Crippen molar-refractivity contribution in [2.75, 3.05) is 19.4 Å². The summed E-state index contributed by atoms with van der Waals surface area (Å²) in [6.45, 7) is -0.435. The Hall–Kier alpha value is -1.25. The Morgan fingerprint density at radius 1 is 1.65 bits per heavy atom. The van der Waals surface area contributed by atoms with Gasteiger partial charge in [-0.25, -0.2) is 17.7 Å². The van der Waals surface area contributed by atoms with E-state index >= 15 is 0 Å². The Balaban J connectivity index is 0.00000264. The number of rotatable bonds is 5. The molecule has 0 saturated carbocycles. The van der Waals surface area contributed by atoms with Crippen LogP contribution >= 0.6 is 11.3 Å². The molecule has 1 saturated heterocycles. The number of thiazole rings is 1. The van der Waals surface area contributed by atoms with Crippen LogP contribution < -0.4 is 40.6 Å². The normalized spacial score (nSPS) is 18.0.